The fourth-order valence-electron chi connectivity index (χ4n) is 4.35. The number of aromatic hydroxyl groups is 2. The summed E-state index contributed by atoms with van der Waals surface area (Å²) >= 11 is 13.0. The number of hydrogen-bond donors (Lipinski definition) is 2. The molecule has 0 amide bonds. The van der Waals surface area contributed by atoms with Gasteiger partial charge in [0, 0.05) is 33.0 Å². The highest BCUT2D eigenvalue weighted by Gasteiger charge is 2.46. The van der Waals surface area contributed by atoms with E-state index in [0.29, 0.717) is 10.0 Å². The van der Waals surface area contributed by atoms with Gasteiger partial charge in [-0.15, -0.1) is 0 Å². The van der Waals surface area contributed by atoms with Crippen LogP contribution in [0.15, 0.2) is 48.5 Å². The molecule has 2 N–H and O–H groups in total. The molecule has 0 radical (unpaired) electrons. The maximum Gasteiger partial charge on any atom is 0.120 e. The second-order valence-electron chi connectivity index (χ2n) is 6.28. The van der Waals surface area contributed by atoms with Gasteiger partial charge in [0.2, 0.25) is 0 Å². The van der Waals surface area contributed by atoms with Crippen LogP contribution in [0, 0.1) is 0 Å². The maximum atomic E-state index is 10.5. The van der Waals surface area contributed by atoms with E-state index in [0.717, 1.165) is 33.4 Å². The van der Waals surface area contributed by atoms with Crippen molar-refractivity contribution >= 4 is 23.2 Å². The van der Waals surface area contributed by atoms with E-state index in [4.69, 9.17) is 23.2 Å². The zero-order valence-electron chi connectivity index (χ0n) is 12.4. The average molecular weight is 355 g/mol. The Labute approximate surface area is 148 Å². The van der Waals surface area contributed by atoms with Crippen LogP contribution in [0.25, 0.3) is 0 Å². The Hall–Kier alpha value is -2.16. The molecule has 3 aliphatic carbocycles. The number of phenolic OH excluding ortho intramolecular Hbond substituents is 2. The summed E-state index contributed by atoms with van der Waals surface area (Å²) in [6.07, 6.45) is 0. The molecule has 118 valence electrons. The Morgan fingerprint density at radius 3 is 1.42 bits per heavy atom. The lowest BCUT2D eigenvalue weighted by Gasteiger charge is -2.43. The molecular formula is C20H12Cl2O2. The van der Waals surface area contributed by atoms with Gasteiger partial charge in [-0.25, -0.2) is 0 Å². The highest BCUT2D eigenvalue weighted by molar-refractivity contribution is 6.32. The molecule has 24 heavy (non-hydrogen) atoms. The van der Waals surface area contributed by atoms with Crippen LogP contribution in [0.1, 0.15) is 45.2 Å². The maximum absolute atomic E-state index is 10.5. The Balaban J connectivity index is 1.99. The van der Waals surface area contributed by atoms with Gasteiger partial charge in [0.1, 0.15) is 11.5 Å². The van der Waals surface area contributed by atoms with Gasteiger partial charge in [-0.3, -0.25) is 0 Å². The molecule has 3 aliphatic rings. The van der Waals surface area contributed by atoms with Crippen LogP contribution in [-0.2, 0) is 0 Å². The van der Waals surface area contributed by atoms with Gasteiger partial charge in [0.05, 0.1) is 0 Å². The van der Waals surface area contributed by atoms with Crippen molar-refractivity contribution in [3.8, 4) is 11.5 Å². The quantitative estimate of drug-likeness (QED) is 0.366. The molecule has 0 fully saturated rings. The molecule has 0 saturated carbocycles. The predicted octanol–water partition coefficient (Wildman–Crippen LogP) is 5.39. The molecule has 3 aromatic carbocycles. The normalized spacial score (nSPS) is 19.6. The van der Waals surface area contributed by atoms with Crippen LogP contribution in [0.5, 0.6) is 11.5 Å². The third-order valence-corrected chi connectivity index (χ3v) is 5.85. The minimum atomic E-state index is -0.227. The number of hydrogen-bond acceptors (Lipinski definition) is 2. The molecule has 0 aliphatic heterocycles. The van der Waals surface area contributed by atoms with Crippen molar-refractivity contribution in [2.24, 2.45) is 0 Å². The first-order valence-corrected chi connectivity index (χ1v) is 8.46. The van der Waals surface area contributed by atoms with E-state index in [1.54, 1.807) is 0 Å². The van der Waals surface area contributed by atoms with Gasteiger partial charge in [-0.1, -0.05) is 47.5 Å². The third-order valence-electron chi connectivity index (χ3n) is 5.19. The molecule has 4 heteroatoms. The molecule has 0 heterocycles. The fourth-order valence-corrected chi connectivity index (χ4v) is 4.93. The second kappa shape index (κ2) is 4.69. The van der Waals surface area contributed by atoms with Gasteiger partial charge in [0.15, 0.2) is 0 Å². The number of rotatable bonds is 0. The van der Waals surface area contributed by atoms with Crippen molar-refractivity contribution in [3.05, 3.63) is 92.0 Å². The lowest BCUT2D eigenvalue weighted by molar-refractivity contribution is 0.441. The molecule has 2 bridgehead atoms. The van der Waals surface area contributed by atoms with Crippen molar-refractivity contribution in [3.63, 3.8) is 0 Å². The summed E-state index contributed by atoms with van der Waals surface area (Å²) in [7, 11) is 0. The molecule has 0 spiro atoms. The van der Waals surface area contributed by atoms with Gasteiger partial charge in [0.25, 0.3) is 0 Å². The van der Waals surface area contributed by atoms with Crippen LogP contribution in [0.2, 0.25) is 10.0 Å². The Morgan fingerprint density at radius 1 is 0.583 bits per heavy atom. The number of benzene rings is 3. The predicted molar refractivity (Wildman–Crippen MR) is 94.6 cm³/mol. The summed E-state index contributed by atoms with van der Waals surface area (Å²) in [4.78, 5) is 0. The minimum Gasteiger partial charge on any atom is -0.508 e. The van der Waals surface area contributed by atoms with E-state index in [-0.39, 0.29) is 23.3 Å². The van der Waals surface area contributed by atoms with Crippen molar-refractivity contribution in [2.75, 3.05) is 0 Å². The summed E-state index contributed by atoms with van der Waals surface area (Å²) in [5.74, 6) is -0.105. The van der Waals surface area contributed by atoms with E-state index in [2.05, 4.69) is 0 Å². The van der Waals surface area contributed by atoms with E-state index in [1.807, 2.05) is 36.4 Å². The van der Waals surface area contributed by atoms with Crippen molar-refractivity contribution in [1.82, 2.24) is 0 Å². The molecular weight excluding hydrogens is 343 g/mol. The van der Waals surface area contributed by atoms with E-state index in [9.17, 15) is 10.2 Å². The summed E-state index contributed by atoms with van der Waals surface area (Å²) < 4.78 is 0. The van der Waals surface area contributed by atoms with Crippen LogP contribution in [0.3, 0.4) is 0 Å². The van der Waals surface area contributed by atoms with E-state index >= 15 is 0 Å². The largest absolute Gasteiger partial charge is 0.508 e. The highest BCUT2D eigenvalue weighted by Crippen LogP contribution is 2.61. The summed E-state index contributed by atoms with van der Waals surface area (Å²) in [6, 6.07) is 14.7. The first kappa shape index (κ1) is 14.2. The van der Waals surface area contributed by atoms with Crippen LogP contribution in [0.4, 0.5) is 0 Å². The first-order valence-electron chi connectivity index (χ1n) is 7.71. The van der Waals surface area contributed by atoms with Crippen molar-refractivity contribution < 1.29 is 10.2 Å². The Kier molecular flexibility index (Phi) is 2.77. The van der Waals surface area contributed by atoms with Crippen LogP contribution < -0.4 is 0 Å². The minimum absolute atomic E-state index is 0.175. The van der Waals surface area contributed by atoms with Gasteiger partial charge < -0.3 is 10.2 Å². The van der Waals surface area contributed by atoms with Crippen molar-refractivity contribution in [2.45, 2.75) is 11.8 Å². The zero-order valence-corrected chi connectivity index (χ0v) is 13.9. The monoisotopic (exact) mass is 354 g/mol. The topological polar surface area (TPSA) is 40.5 Å². The Bertz CT molecular complexity index is 944. The van der Waals surface area contributed by atoms with Gasteiger partial charge in [-0.05, 0) is 46.5 Å². The lowest BCUT2D eigenvalue weighted by Crippen LogP contribution is -2.28. The third kappa shape index (κ3) is 1.58. The highest BCUT2D eigenvalue weighted by atomic mass is 35.5. The smallest absolute Gasteiger partial charge is 0.120 e. The molecule has 6 rings (SSSR count). The molecule has 2 atom stereocenters. The standard InChI is InChI=1S/C20H12Cl2O2/c21-11-5-1-3-9-15(11)18-10-4-2-6-12(22)16(10)17(9)19-13(23)7-8-14(24)20(18)19/h1-8,17-18,23-24H. The SMILES string of the molecule is Oc1ccc(O)c2c1C1c3cccc(Cl)c3C2c2cccc(Cl)c21. The van der Waals surface area contributed by atoms with Crippen LogP contribution in [-0.4, -0.2) is 10.2 Å². The molecule has 0 saturated heterocycles. The van der Waals surface area contributed by atoms with Gasteiger partial charge >= 0.3 is 0 Å². The number of phenols is 2. The summed E-state index contributed by atoms with van der Waals surface area (Å²) in [6.45, 7) is 0. The molecule has 2 unspecified atom stereocenters. The fraction of sp³-hybridized carbons (Fsp3) is 0.100. The summed E-state index contributed by atoms with van der Waals surface area (Å²) in [5.41, 5.74) is 5.54. The van der Waals surface area contributed by atoms with E-state index < -0.39 is 0 Å². The number of halogens is 2. The van der Waals surface area contributed by atoms with E-state index in [1.165, 1.54) is 12.1 Å². The van der Waals surface area contributed by atoms with Crippen LogP contribution >= 0.6 is 23.2 Å². The molecule has 2 nitrogen and oxygen atoms in total. The average Bonchev–Trinajstić information content (AvgIpc) is 2.58. The zero-order chi connectivity index (χ0) is 16.6. The van der Waals surface area contributed by atoms with Crippen molar-refractivity contribution in [1.29, 1.82) is 0 Å². The first-order chi connectivity index (χ1) is 11.6. The molecule has 3 aromatic rings. The Morgan fingerprint density at radius 2 is 1.00 bits per heavy atom. The lowest BCUT2D eigenvalue weighted by atomic mass is 9.60. The molecule has 0 aromatic heterocycles. The van der Waals surface area contributed by atoms with Gasteiger partial charge in [-0.2, -0.15) is 0 Å². The second-order valence-corrected chi connectivity index (χ2v) is 7.10. The summed E-state index contributed by atoms with van der Waals surface area (Å²) in [5, 5.41) is 22.4.